The first kappa shape index (κ1) is 15.3. The number of likely N-dealkylation sites (tertiary alicyclic amines) is 1. The molecule has 1 aromatic rings. The zero-order valence-electron chi connectivity index (χ0n) is 12.8. The lowest BCUT2D eigenvalue weighted by atomic mass is 10.1. The molecule has 1 heterocycles. The van der Waals surface area contributed by atoms with Crippen molar-refractivity contribution in [2.75, 3.05) is 38.6 Å². The van der Waals surface area contributed by atoms with Crippen LogP contribution >= 0.6 is 0 Å². The molecule has 1 atom stereocenters. The van der Waals surface area contributed by atoms with Crippen molar-refractivity contribution in [3.8, 4) is 0 Å². The first-order valence-corrected chi connectivity index (χ1v) is 7.54. The van der Waals surface area contributed by atoms with Gasteiger partial charge in [-0.15, -0.1) is 0 Å². The molecule has 0 radical (unpaired) electrons. The third-order valence-corrected chi connectivity index (χ3v) is 4.21. The van der Waals surface area contributed by atoms with Crippen LogP contribution in [0.2, 0.25) is 0 Å². The molecule has 1 aliphatic rings. The van der Waals surface area contributed by atoms with E-state index in [1.165, 1.54) is 19.4 Å². The van der Waals surface area contributed by atoms with Crippen molar-refractivity contribution in [2.45, 2.75) is 32.4 Å². The van der Waals surface area contributed by atoms with Gasteiger partial charge in [0.15, 0.2) is 0 Å². The number of anilines is 1. The van der Waals surface area contributed by atoms with Gasteiger partial charge in [0, 0.05) is 26.2 Å². The molecule has 1 aliphatic heterocycles. The summed E-state index contributed by atoms with van der Waals surface area (Å²) in [6.07, 6.45) is 2.47. The molecule has 1 aromatic carbocycles. The fourth-order valence-corrected chi connectivity index (χ4v) is 3.25. The lowest BCUT2D eigenvalue weighted by Crippen LogP contribution is -2.39. The van der Waals surface area contributed by atoms with Crippen molar-refractivity contribution in [3.05, 3.63) is 29.6 Å². The third kappa shape index (κ3) is 3.30. The molecule has 0 aromatic heterocycles. The predicted molar refractivity (Wildman–Crippen MR) is 82.7 cm³/mol. The van der Waals surface area contributed by atoms with E-state index in [1.54, 1.807) is 12.1 Å². The van der Waals surface area contributed by atoms with Crippen LogP contribution in [0.15, 0.2) is 18.2 Å². The number of halogens is 1. The van der Waals surface area contributed by atoms with Gasteiger partial charge in [-0.25, -0.2) is 4.39 Å². The van der Waals surface area contributed by atoms with Crippen molar-refractivity contribution in [3.63, 3.8) is 0 Å². The standard InChI is InChI=1S/C16H26FN3/c1-4-20-10-6-8-14(20)12-19(3)16-13(11-18-2)7-5-9-15(16)17/h5,7,9,14,18H,4,6,8,10-12H2,1-3H3. The molecule has 0 saturated carbocycles. The quantitative estimate of drug-likeness (QED) is 0.863. The highest BCUT2D eigenvalue weighted by Crippen LogP contribution is 2.26. The van der Waals surface area contributed by atoms with Crippen LogP contribution in [0.1, 0.15) is 25.3 Å². The molecule has 1 saturated heterocycles. The van der Waals surface area contributed by atoms with Gasteiger partial charge in [-0.2, -0.15) is 0 Å². The molecule has 20 heavy (non-hydrogen) atoms. The van der Waals surface area contributed by atoms with Gasteiger partial charge >= 0.3 is 0 Å². The second-order valence-electron chi connectivity index (χ2n) is 5.58. The maximum atomic E-state index is 14.2. The number of nitrogens with one attached hydrogen (secondary N) is 1. The van der Waals surface area contributed by atoms with E-state index in [0.29, 0.717) is 12.6 Å². The summed E-state index contributed by atoms with van der Waals surface area (Å²) in [7, 11) is 3.90. The van der Waals surface area contributed by atoms with Crippen LogP contribution in [-0.4, -0.2) is 44.7 Å². The second-order valence-corrected chi connectivity index (χ2v) is 5.58. The Morgan fingerprint density at radius 2 is 2.25 bits per heavy atom. The molecule has 1 fully saturated rings. The minimum atomic E-state index is -0.124. The summed E-state index contributed by atoms with van der Waals surface area (Å²) in [5, 5.41) is 3.12. The van der Waals surface area contributed by atoms with Gasteiger partial charge in [-0.3, -0.25) is 4.90 Å². The van der Waals surface area contributed by atoms with Crippen LogP contribution in [0.3, 0.4) is 0 Å². The fourth-order valence-electron chi connectivity index (χ4n) is 3.25. The monoisotopic (exact) mass is 279 g/mol. The SMILES string of the molecule is CCN1CCCC1CN(C)c1c(F)cccc1CNC. The molecule has 4 heteroatoms. The molecule has 1 unspecified atom stereocenters. The first-order valence-electron chi connectivity index (χ1n) is 7.54. The highest BCUT2D eigenvalue weighted by Gasteiger charge is 2.25. The molecule has 0 aliphatic carbocycles. The Kier molecular flexibility index (Phi) is 5.38. The van der Waals surface area contributed by atoms with E-state index >= 15 is 0 Å². The second kappa shape index (κ2) is 7.04. The molecule has 112 valence electrons. The summed E-state index contributed by atoms with van der Waals surface area (Å²) in [6.45, 7) is 6.05. The van der Waals surface area contributed by atoms with Crippen molar-refractivity contribution in [2.24, 2.45) is 0 Å². The Hall–Kier alpha value is -1.13. The van der Waals surface area contributed by atoms with Gasteiger partial charge in [0.25, 0.3) is 0 Å². The van der Waals surface area contributed by atoms with E-state index in [-0.39, 0.29) is 5.82 Å². The van der Waals surface area contributed by atoms with Gasteiger partial charge in [-0.1, -0.05) is 19.1 Å². The summed E-state index contributed by atoms with van der Waals surface area (Å²) < 4.78 is 14.2. The lowest BCUT2D eigenvalue weighted by Gasteiger charge is -2.30. The molecule has 0 amide bonds. The number of hydrogen-bond donors (Lipinski definition) is 1. The zero-order chi connectivity index (χ0) is 14.5. The Balaban J connectivity index is 2.14. The van der Waals surface area contributed by atoms with E-state index < -0.39 is 0 Å². The largest absolute Gasteiger partial charge is 0.370 e. The van der Waals surface area contributed by atoms with Gasteiger partial charge < -0.3 is 10.2 Å². The lowest BCUT2D eigenvalue weighted by molar-refractivity contribution is 0.270. The van der Waals surface area contributed by atoms with Crippen LogP contribution in [0.4, 0.5) is 10.1 Å². The fraction of sp³-hybridized carbons (Fsp3) is 0.625. The summed E-state index contributed by atoms with van der Waals surface area (Å²) >= 11 is 0. The molecule has 0 spiro atoms. The van der Waals surface area contributed by atoms with Crippen LogP contribution in [0, 0.1) is 5.82 Å². The Morgan fingerprint density at radius 3 is 2.95 bits per heavy atom. The van der Waals surface area contributed by atoms with Crippen LogP contribution in [0.25, 0.3) is 0 Å². The number of rotatable bonds is 6. The maximum Gasteiger partial charge on any atom is 0.146 e. The average Bonchev–Trinajstić information content (AvgIpc) is 2.86. The highest BCUT2D eigenvalue weighted by molar-refractivity contribution is 5.54. The molecular weight excluding hydrogens is 253 g/mol. The summed E-state index contributed by atoms with van der Waals surface area (Å²) in [5.41, 5.74) is 1.76. The molecule has 1 N–H and O–H groups in total. The summed E-state index contributed by atoms with van der Waals surface area (Å²) in [4.78, 5) is 4.58. The van der Waals surface area contributed by atoms with Crippen LogP contribution < -0.4 is 10.2 Å². The number of nitrogens with zero attached hydrogens (tertiary/aromatic N) is 2. The third-order valence-electron chi connectivity index (χ3n) is 4.21. The number of para-hydroxylation sites is 1. The molecule has 0 bridgehead atoms. The number of hydrogen-bond acceptors (Lipinski definition) is 3. The van der Waals surface area contributed by atoms with E-state index in [0.717, 1.165) is 24.3 Å². The Morgan fingerprint density at radius 1 is 1.45 bits per heavy atom. The topological polar surface area (TPSA) is 18.5 Å². The van der Waals surface area contributed by atoms with Crippen LogP contribution in [-0.2, 0) is 6.54 Å². The van der Waals surface area contributed by atoms with Crippen molar-refractivity contribution >= 4 is 5.69 Å². The predicted octanol–water partition coefficient (Wildman–Crippen LogP) is 2.47. The Bertz CT molecular complexity index is 436. The van der Waals surface area contributed by atoms with E-state index in [2.05, 4.69) is 22.0 Å². The first-order chi connectivity index (χ1) is 9.67. The maximum absolute atomic E-state index is 14.2. The normalized spacial score (nSPS) is 19.5. The van der Waals surface area contributed by atoms with Crippen LogP contribution in [0.5, 0.6) is 0 Å². The Labute approximate surface area is 121 Å². The van der Waals surface area contributed by atoms with Gasteiger partial charge in [0.1, 0.15) is 5.82 Å². The zero-order valence-corrected chi connectivity index (χ0v) is 12.8. The van der Waals surface area contributed by atoms with E-state index in [9.17, 15) is 4.39 Å². The van der Waals surface area contributed by atoms with Gasteiger partial charge in [-0.05, 0) is 44.6 Å². The number of benzene rings is 1. The molecular formula is C16H26FN3. The minimum Gasteiger partial charge on any atom is -0.370 e. The molecule has 3 nitrogen and oxygen atoms in total. The average molecular weight is 279 g/mol. The highest BCUT2D eigenvalue weighted by atomic mass is 19.1. The van der Waals surface area contributed by atoms with E-state index in [1.807, 2.05) is 20.2 Å². The molecule has 2 rings (SSSR count). The number of likely N-dealkylation sites (N-methyl/N-ethyl adjacent to an activating group) is 2. The summed E-state index contributed by atoms with van der Waals surface area (Å²) in [6, 6.07) is 5.88. The minimum absolute atomic E-state index is 0.124. The summed E-state index contributed by atoms with van der Waals surface area (Å²) in [5.74, 6) is -0.124. The van der Waals surface area contributed by atoms with Crippen molar-refractivity contribution in [1.82, 2.24) is 10.2 Å². The smallest absolute Gasteiger partial charge is 0.146 e. The van der Waals surface area contributed by atoms with Gasteiger partial charge in [0.2, 0.25) is 0 Å². The van der Waals surface area contributed by atoms with Crippen molar-refractivity contribution in [1.29, 1.82) is 0 Å². The van der Waals surface area contributed by atoms with Crippen molar-refractivity contribution < 1.29 is 4.39 Å². The van der Waals surface area contributed by atoms with Gasteiger partial charge in [0.05, 0.1) is 5.69 Å². The van der Waals surface area contributed by atoms with E-state index in [4.69, 9.17) is 0 Å².